The van der Waals surface area contributed by atoms with Crippen molar-refractivity contribution in [3.05, 3.63) is 140 Å². The summed E-state index contributed by atoms with van der Waals surface area (Å²) in [5.74, 6) is 0.692. The summed E-state index contributed by atoms with van der Waals surface area (Å²) in [7, 11) is -7.08. The Bertz CT molecular complexity index is 1910. The van der Waals surface area contributed by atoms with Gasteiger partial charge in [0.1, 0.15) is 17.5 Å². The molecule has 0 spiro atoms. The van der Waals surface area contributed by atoms with E-state index in [1.165, 1.54) is 16.4 Å². The molecular formula is C40H42N2O5SSi. The van der Waals surface area contributed by atoms with Crippen LogP contribution in [0.5, 0.6) is 11.5 Å². The number of sulfonamides is 1. The maximum absolute atomic E-state index is 14.0. The van der Waals surface area contributed by atoms with Gasteiger partial charge in [0.15, 0.2) is 0 Å². The number of carbonyl (C=O) groups is 1. The van der Waals surface area contributed by atoms with Crippen LogP contribution in [0.25, 0.3) is 11.1 Å². The highest BCUT2D eigenvalue weighted by molar-refractivity contribution is 7.89. The van der Waals surface area contributed by atoms with Gasteiger partial charge in [-0.3, -0.25) is 4.79 Å². The van der Waals surface area contributed by atoms with Crippen molar-refractivity contribution in [1.29, 1.82) is 0 Å². The first kappa shape index (κ1) is 34.3. The fraction of sp³-hybridized carbons (Fsp3) is 0.225. The minimum atomic E-state index is -4.00. The summed E-state index contributed by atoms with van der Waals surface area (Å²) < 4.78 is 42.0. The molecule has 5 aromatic rings. The second-order valence-electron chi connectivity index (χ2n) is 13.3. The maximum atomic E-state index is 14.0. The van der Waals surface area contributed by atoms with Crippen LogP contribution in [0, 0.1) is 0 Å². The summed E-state index contributed by atoms with van der Waals surface area (Å²) in [6, 6.07) is 43.3. The SMILES string of the molecule is CC(C)(C)[Si](ONC(=O)[C@H]1CCCCN1S(=O)(=O)c1ccc(Oc2ccc(-c3ccccc3)cc2)cc1)(c1ccccc1)c1ccccc1. The molecule has 1 aliphatic rings. The van der Waals surface area contributed by atoms with Gasteiger partial charge in [-0.15, -0.1) is 0 Å². The van der Waals surface area contributed by atoms with Gasteiger partial charge >= 0.3 is 0 Å². The lowest BCUT2D eigenvalue weighted by atomic mass is 10.0. The minimum absolute atomic E-state index is 0.104. The van der Waals surface area contributed by atoms with Crippen LogP contribution < -0.4 is 20.6 Å². The number of benzene rings is 5. The fourth-order valence-electron chi connectivity index (χ4n) is 6.60. The van der Waals surface area contributed by atoms with Gasteiger partial charge in [-0.1, -0.05) is 130 Å². The summed E-state index contributed by atoms with van der Waals surface area (Å²) >= 11 is 0. The van der Waals surface area contributed by atoms with Crippen LogP contribution in [-0.2, 0) is 19.3 Å². The predicted molar refractivity (Wildman–Crippen MR) is 197 cm³/mol. The fourth-order valence-corrected chi connectivity index (χ4v) is 12.4. The molecule has 6 rings (SSSR count). The van der Waals surface area contributed by atoms with E-state index >= 15 is 0 Å². The highest BCUT2D eigenvalue weighted by Crippen LogP contribution is 2.36. The smallest absolute Gasteiger partial charge is 0.295 e. The van der Waals surface area contributed by atoms with Crippen molar-refractivity contribution in [2.24, 2.45) is 0 Å². The molecule has 0 unspecified atom stereocenters. The van der Waals surface area contributed by atoms with Crippen molar-refractivity contribution in [2.45, 2.75) is 56.0 Å². The first-order valence-electron chi connectivity index (χ1n) is 16.6. The van der Waals surface area contributed by atoms with E-state index in [1.807, 2.05) is 103 Å². The number of amides is 1. The molecule has 0 saturated carbocycles. The van der Waals surface area contributed by atoms with Crippen LogP contribution in [-0.4, -0.2) is 39.5 Å². The second kappa shape index (κ2) is 14.5. The summed E-state index contributed by atoms with van der Waals surface area (Å²) in [6.07, 6.45) is 1.80. The Labute approximate surface area is 290 Å². The molecule has 1 fully saturated rings. The number of hydrogen-bond donors (Lipinski definition) is 1. The van der Waals surface area contributed by atoms with Gasteiger partial charge in [-0.2, -0.15) is 4.31 Å². The van der Waals surface area contributed by atoms with E-state index in [2.05, 4.69) is 38.4 Å². The molecule has 1 N–H and O–H groups in total. The largest absolute Gasteiger partial charge is 0.457 e. The molecule has 0 radical (unpaired) electrons. The number of hydroxylamine groups is 1. The van der Waals surface area contributed by atoms with Crippen LogP contribution >= 0.6 is 0 Å². The van der Waals surface area contributed by atoms with Crippen LogP contribution in [0.4, 0.5) is 0 Å². The molecule has 9 heteroatoms. The van der Waals surface area contributed by atoms with Gasteiger partial charge in [0.25, 0.3) is 14.2 Å². The molecule has 49 heavy (non-hydrogen) atoms. The van der Waals surface area contributed by atoms with Gasteiger partial charge in [0.05, 0.1) is 4.90 Å². The number of ether oxygens (including phenoxy) is 1. The van der Waals surface area contributed by atoms with E-state index in [9.17, 15) is 13.2 Å². The van der Waals surface area contributed by atoms with Crippen LogP contribution in [0.2, 0.25) is 5.04 Å². The lowest BCUT2D eigenvalue weighted by molar-refractivity contribution is -0.133. The number of carbonyl (C=O) groups excluding carboxylic acids is 1. The van der Waals surface area contributed by atoms with E-state index in [0.717, 1.165) is 27.9 Å². The number of nitrogens with zero attached hydrogens (tertiary/aromatic N) is 1. The third-order valence-corrected chi connectivity index (χ3v) is 15.8. The molecule has 252 valence electrons. The van der Waals surface area contributed by atoms with Gasteiger partial charge in [0, 0.05) is 6.54 Å². The van der Waals surface area contributed by atoms with Crippen molar-refractivity contribution < 1.29 is 22.5 Å². The zero-order valence-corrected chi connectivity index (χ0v) is 29.9. The molecular weight excluding hydrogens is 649 g/mol. The molecule has 1 saturated heterocycles. The molecule has 1 atom stereocenters. The van der Waals surface area contributed by atoms with Gasteiger partial charge in [-0.05, 0) is 75.8 Å². The quantitative estimate of drug-likeness (QED) is 0.123. The monoisotopic (exact) mass is 690 g/mol. The number of rotatable bonds is 10. The average Bonchev–Trinajstić information content (AvgIpc) is 3.13. The molecule has 0 bridgehead atoms. The first-order chi connectivity index (χ1) is 23.6. The van der Waals surface area contributed by atoms with E-state index in [4.69, 9.17) is 9.26 Å². The number of hydrogen-bond acceptors (Lipinski definition) is 5. The van der Waals surface area contributed by atoms with Gasteiger partial charge in [-0.25, -0.2) is 13.9 Å². The summed E-state index contributed by atoms with van der Waals surface area (Å²) in [4.78, 5) is 14.1. The Morgan fingerprint density at radius 1 is 0.694 bits per heavy atom. The Morgan fingerprint density at radius 2 is 1.18 bits per heavy atom. The molecule has 5 aromatic carbocycles. The van der Waals surface area contributed by atoms with E-state index < -0.39 is 30.3 Å². The van der Waals surface area contributed by atoms with Crippen molar-refractivity contribution in [3.8, 4) is 22.6 Å². The zero-order valence-electron chi connectivity index (χ0n) is 28.1. The van der Waals surface area contributed by atoms with Gasteiger partial charge in [0.2, 0.25) is 10.0 Å². The van der Waals surface area contributed by atoms with Gasteiger partial charge < -0.3 is 9.26 Å². The number of nitrogens with one attached hydrogen (secondary N) is 1. The molecule has 0 aliphatic carbocycles. The summed E-state index contributed by atoms with van der Waals surface area (Å²) in [5.41, 5.74) is 4.99. The second-order valence-corrected chi connectivity index (χ2v) is 19.4. The van der Waals surface area contributed by atoms with Crippen LogP contribution in [0.1, 0.15) is 40.0 Å². The normalized spacial score (nSPS) is 15.8. The van der Waals surface area contributed by atoms with Crippen molar-refractivity contribution in [3.63, 3.8) is 0 Å². The zero-order chi connectivity index (χ0) is 34.5. The maximum Gasteiger partial charge on any atom is 0.295 e. The van der Waals surface area contributed by atoms with Crippen molar-refractivity contribution in [2.75, 3.05) is 6.54 Å². The molecule has 1 aliphatic heterocycles. The third-order valence-electron chi connectivity index (χ3n) is 9.11. The van der Waals surface area contributed by atoms with E-state index in [0.29, 0.717) is 24.3 Å². The Morgan fingerprint density at radius 3 is 1.71 bits per heavy atom. The third kappa shape index (κ3) is 7.26. The first-order valence-corrected chi connectivity index (χ1v) is 20.0. The lowest BCUT2D eigenvalue weighted by Crippen LogP contribution is -2.69. The Kier molecular flexibility index (Phi) is 10.2. The standard InChI is InChI=1S/C40H42N2O5SSi/c1-40(2,3)49(36-17-9-5-10-18-36,37-19-11-6-12-20-37)47-41-39(43)38-21-13-14-30-42(38)48(44,45)35-28-26-34(27-29-35)46-33-24-22-32(23-25-33)31-15-7-4-8-16-31/h4-12,15-20,22-29,38H,13-14,21,30H2,1-3H3,(H,41,43)/t38-/m1/s1. The summed E-state index contributed by atoms with van der Waals surface area (Å²) in [6.45, 7) is 6.60. The number of piperidine rings is 1. The van der Waals surface area contributed by atoms with Crippen LogP contribution in [0.15, 0.2) is 144 Å². The van der Waals surface area contributed by atoms with Crippen molar-refractivity contribution >= 4 is 34.6 Å². The highest BCUT2D eigenvalue weighted by atomic mass is 32.2. The molecule has 1 amide bonds. The Hall–Kier alpha value is -4.54. The predicted octanol–water partition coefficient (Wildman–Crippen LogP) is 7.30. The van der Waals surface area contributed by atoms with Crippen LogP contribution in [0.3, 0.4) is 0 Å². The van der Waals surface area contributed by atoms with E-state index in [1.54, 1.807) is 12.1 Å². The lowest BCUT2D eigenvalue weighted by Gasteiger charge is -2.42. The minimum Gasteiger partial charge on any atom is -0.457 e. The molecule has 0 aromatic heterocycles. The van der Waals surface area contributed by atoms with Crippen molar-refractivity contribution in [1.82, 2.24) is 9.79 Å². The highest BCUT2D eigenvalue weighted by Gasteiger charge is 2.52. The van der Waals surface area contributed by atoms with E-state index in [-0.39, 0.29) is 16.5 Å². The molecule has 1 heterocycles. The molecule has 7 nitrogen and oxygen atoms in total. The summed E-state index contributed by atoms with van der Waals surface area (Å²) in [5, 5.41) is 1.66. The Balaban J connectivity index is 1.19. The topological polar surface area (TPSA) is 84.9 Å². The average molecular weight is 691 g/mol.